The summed E-state index contributed by atoms with van der Waals surface area (Å²) in [5.74, 6) is -0.143. The van der Waals surface area contributed by atoms with Gasteiger partial charge < -0.3 is 20.9 Å². The van der Waals surface area contributed by atoms with Gasteiger partial charge in [0.15, 0.2) is 0 Å². The normalized spacial score (nSPS) is 20.1. The molecule has 3 amide bonds. The van der Waals surface area contributed by atoms with Crippen LogP contribution in [0.4, 0.5) is 4.79 Å². The fourth-order valence-corrected chi connectivity index (χ4v) is 5.05. The summed E-state index contributed by atoms with van der Waals surface area (Å²) in [6.45, 7) is 10.00. The average molecular weight is 473 g/mol. The standard InChI is InChI=1S/C26H44N6O2/c1-4-31-13-5-6-24(31)20-32(17-16-29(2)3)26(34)28-18-21-7-9-22(10-8-21)19-30-14-11-23(12-15-30)25(27)33/h7-10,23-24H,4-6,11-20H2,1-3H3,(H2,27,33)(H,28,34). The molecule has 0 aromatic heterocycles. The fourth-order valence-electron chi connectivity index (χ4n) is 5.05. The molecular formula is C26H44N6O2. The number of piperidine rings is 1. The zero-order chi connectivity index (χ0) is 24.5. The van der Waals surface area contributed by atoms with Crippen LogP contribution >= 0.6 is 0 Å². The minimum Gasteiger partial charge on any atom is -0.369 e. The van der Waals surface area contributed by atoms with Crippen molar-refractivity contribution in [2.75, 3.05) is 59.9 Å². The van der Waals surface area contributed by atoms with Crippen molar-refractivity contribution >= 4 is 11.9 Å². The lowest BCUT2D eigenvalue weighted by Gasteiger charge is -2.31. The van der Waals surface area contributed by atoms with E-state index in [0.717, 1.165) is 70.8 Å². The van der Waals surface area contributed by atoms with Crippen molar-refractivity contribution in [3.8, 4) is 0 Å². The molecular weight excluding hydrogens is 428 g/mol. The van der Waals surface area contributed by atoms with Crippen molar-refractivity contribution in [2.45, 2.75) is 51.7 Å². The Balaban J connectivity index is 1.48. The summed E-state index contributed by atoms with van der Waals surface area (Å²) in [6, 6.07) is 8.97. The smallest absolute Gasteiger partial charge is 0.317 e. The van der Waals surface area contributed by atoms with Crippen LogP contribution in [0.2, 0.25) is 0 Å². The molecule has 2 heterocycles. The molecule has 0 aliphatic carbocycles. The summed E-state index contributed by atoms with van der Waals surface area (Å²) < 4.78 is 0. The van der Waals surface area contributed by atoms with Gasteiger partial charge in [0, 0.05) is 44.7 Å². The molecule has 190 valence electrons. The summed E-state index contributed by atoms with van der Waals surface area (Å²) >= 11 is 0. The van der Waals surface area contributed by atoms with Crippen LogP contribution in [0.15, 0.2) is 24.3 Å². The molecule has 1 aromatic carbocycles. The van der Waals surface area contributed by atoms with Crippen molar-refractivity contribution < 1.29 is 9.59 Å². The first-order chi connectivity index (χ1) is 16.4. The molecule has 8 nitrogen and oxygen atoms in total. The largest absolute Gasteiger partial charge is 0.369 e. The number of benzene rings is 1. The van der Waals surface area contributed by atoms with Crippen molar-refractivity contribution in [1.29, 1.82) is 0 Å². The minimum absolute atomic E-state index is 0.0196. The molecule has 2 aliphatic heterocycles. The maximum Gasteiger partial charge on any atom is 0.317 e. The number of nitrogens with zero attached hydrogens (tertiary/aromatic N) is 4. The number of nitrogens with one attached hydrogen (secondary N) is 1. The monoisotopic (exact) mass is 472 g/mol. The lowest BCUT2D eigenvalue weighted by molar-refractivity contribution is -0.123. The summed E-state index contributed by atoms with van der Waals surface area (Å²) in [5, 5.41) is 3.14. The van der Waals surface area contributed by atoms with Gasteiger partial charge in [-0.1, -0.05) is 31.2 Å². The molecule has 0 saturated carbocycles. The van der Waals surface area contributed by atoms with Crippen LogP contribution in [0.3, 0.4) is 0 Å². The van der Waals surface area contributed by atoms with E-state index in [-0.39, 0.29) is 17.9 Å². The topological polar surface area (TPSA) is 85.2 Å². The first-order valence-electron chi connectivity index (χ1n) is 12.9. The number of primary amides is 1. The Bertz CT molecular complexity index is 776. The third kappa shape index (κ3) is 7.96. The van der Waals surface area contributed by atoms with E-state index >= 15 is 0 Å². The highest BCUT2D eigenvalue weighted by atomic mass is 16.2. The Hall–Kier alpha value is -2.16. The number of rotatable bonds is 11. The Morgan fingerprint density at radius 1 is 1.03 bits per heavy atom. The summed E-state index contributed by atoms with van der Waals surface area (Å²) in [7, 11) is 4.09. The number of hydrogen-bond donors (Lipinski definition) is 2. The van der Waals surface area contributed by atoms with Gasteiger partial charge in [0.25, 0.3) is 0 Å². The van der Waals surface area contributed by atoms with Crippen LogP contribution < -0.4 is 11.1 Å². The lowest BCUT2D eigenvalue weighted by atomic mass is 9.96. The SMILES string of the molecule is CCN1CCCC1CN(CCN(C)C)C(=O)NCc1ccc(CN2CCC(C(N)=O)CC2)cc1. The van der Waals surface area contributed by atoms with Crippen molar-refractivity contribution in [3.63, 3.8) is 0 Å². The number of amides is 3. The van der Waals surface area contributed by atoms with Crippen molar-refractivity contribution in [2.24, 2.45) is 11.7 Å². The van der Waals surface area contributed by atoms with Crippen LogP contribution in [0.1, 0.15) is 43.7 Å². The molecule has 1 unspecified atom stereocenters. The quantitative estimate of drug-likeness (QED) is 0.514. The third-order valence-electron chi connectivity index (χ3n) is 7.30. The van der Waals surface area contributed by atoms with Crippen LogP contribution in [0, 0.1) is 5.92 Å². The zero-order valence-electron chi connectivity index (χ0n) is 21.3. The first-order valence-corrected chi connectivity index (χ1v) is 12.9. The fraction of sp³-hybridized carbons (Fsp3) is 0.692. The Morgan fingerprint density at radius 2 is 1.71 bits per heavy atom. The van der Waals surface area contributed by atoms with E-state index in [9.17, 15) is 9.59 Å². The highest BCUT2D eigenvalue weighted by Crippen LogP contribution is 2.19. The van der Waals surface area contributed by atoms with Crippen LogP contribution in [-0.4, -0.2) is 97.5 Å². The average Bonchev–Trinajstić information content (AvgIpc) is 3.28. The number of urea groups is 1. The second-order valence-corrected chi connectivity index (χ2v) is 10.1. The number of nitrogens with two attached hydrogens (primary N) is 1. The minimum atomic E-state index is -0.169. The molecule has 2 fully saturated rings. The van der Waals surface area contributed by atoms with Gasteiger partial charge in [0.2, 0.25) is 5.91 Å². The van der Waals surface area contributed by atoms with Gasteiger partial charge in [-0.15, -0.1) is 0 Å². The van der Waals surface area contributed by atoms with Gasteiger partial charge in [-0.05, 0) is 77.1 Å². The van der Waals surface area contributed by atoms with Gasteiger partial charge in [-0.3, -0.25) is 14.6 Å². The predicted octanol–water partition coefficient (Wildman–Crippen LogP) is 1.94. The molecule has 2 saturated heterocycles. The number of carbonyl (C=O) groups is 2. The predicted molar refractivity (Wildman–Crippen MR) is 136 cm³/mol. The Labute approximate surface area is 205 Å². The van der Waals surface area contributed by atoms with E-state index in [1.165, 1.54) is 18.4 Å². The third-order valence-corrected chi connectivity index (χ3v) is 7.30. The molecule has 0 bridgehead atoms. The molecule has 3 N–H and O–H groups in total. The van der Waals surface area contributed by atoms with E-state index in [2.05, 4.69) is 51.2 Å². The molecule has 0 spiro atoms. The van der Waals surface area contributed by atoms with Gasteiger partial charge in [0.05, 0.1) is 0 Å². The Morgan fingerprint density at radius 3 is 2.32 bits per heavy atom. The Kier molecular flexibility index (Phi) is 10.2. The number of hydrogen-bond acceptors (Lipinski definition) is 5. The molecule has 8 heteroatoms. The van der Waals surface area contributed by atoms with Crippen LogP contribution in [0.5, 0.6) is 0 Å². The van der Waals surface area contributed by atoms with Gasteiger partial charge in [-0.2, -0.15) is 0 Å². The second-order valence-electron chi connectivity index (χ2n) is 10.1. The second kappa shape index (κ2) is 13.1. The number of likely N-dealkylation sites (N-methyl/N-ethyl adjacent to an activating group) is 2. The lowest BCUT2D eigenvalue weighted by Crippen LogP contribution is -2.48. The zero-order valence-corrected chi connectivity index (χ0v) is 21.3. The van der Waals surface area contributed by atoms with Gasteiger partial charge in [-0.25, -0.2) is 4.79 Å². The highest BCUT2D eigenvalue weighted by molar-refractivity contribution is 5.76. The van der Waals surface area contributed by atoms with E-state index in [0.29, 0.717) is 12.6 Å². The van der Waals surface area contributed by atoms with E-state index in [4.69, 9.17) is 5.73 Å². The molecule has 34 heavy (non-hydrogen) atoms. The van der Waals surface area contributed by atoms with E-state index in [1.807, 2.05) is 19.0 Å². The summed E-state index contributed by atoms with van der Waals surface area (Å²) in [5.41, 5.74) is 7.79. The highest BCUT2D eigenvalue weighted by Gasteiger charge is 2.27. The van der Waals surface area contributed by atoms with Crippen LogP contribution in [-0.2, 0) is 17.9 Å². The van der Waals surface area contributed by atoms with Crippen molar-refractivity contribution in [3.05, 3.63) is 35.4 Å². The molecule has 3 rings (SSSR count). The van der Waals surface area contributed by atoms with Gasteiger partial charge >= 0.3 is 6.03 Å². The maximum atomic E-state index is 13.1. The maximum absolute atomic E-state index is 13.1. The van der Waals surface area contributed by atoms with E-state index < -0.39 is 0 Å². The van der Waals surface area contributed by atoms with Gasteiger partial charge in [0.1, 0.15) is 0 Å². The summed E-state index contributed by atoms with van der Waals surface area (Å²) in [6.07, 6.45) is 4.08. The van der Waals surface area contributed by atoms with Crippen molar-refractivity contribution in [1.82, 2.24) is 24.9 Å². The number of likely N-dealkylation sites (tertiary alicyclic amines) is 2. The first kappa shape index (κ1) is 26.4. The summed E-state index contributed by atoms with van der Waals surface area (Å²) in [4.78, 5) is 33.4. The number of carbonyl (C=O) groups excluding carboxylic acids is 2. The molecule has 0 radical (unpaired) electrons. The molecule has 2 aliphatic rings. The molecule has 1 aromatic rings. The van der Waals surface area contributed by atoms with E-state index in [1.54, 1.807) is 0 Å². The molecule has 1 atom stereocenters. The van der Waals surface area contributed by atoms with Crippen LogP contribution in [0.25, 0.3) is 0 Å².